The molecule has 0 aromatic heterocycles. The minimum Gasteiger partial charge on any atom is -0.322 e. The Morgan fingerprint density at radius 3 is 2.54 bits per heavy atom. The van der Waals surface area contributed by atoms with Gasteiger partial charge in [0.25, 0.3) is 5.91 Å². The first-order chi connectivity index (χ1) is 11.4. The second-order valence-corrected chi connectivity index (χ2v) is 6.72. The van der Waals surface area contributed by atoms with Crippen molar-refractivity contribution in [1.29, 1.82) is 0 Å². The van der Waals surface area contributed by atoms with Gasteiger partial charge < -0.3 is 15.5 Å². The molecular formula is C17H22N4O3. The van der Waals surface area contributed by atoms with Crippen LogP contribution in [0.15, 0.2) is 24.3 Å². The van der Waals surface area contributed by atoms with Gasteiger partial charge in [-0.3, -0.25) is 10.1 Å². The summed E-state index contributed by atoms with van der Waals surface area (Å²) in [4.78, 5) is 37.5. The van der Waals surface area contributed by atoms with E-state index in [2.05, 4.69) is 29.8 Å². The van der Waals surface area contributed by atoms with Crippen molar-refractivity contribution in [2.24, 2.45) is 0 Å². The molecule has 3 rings (SSSR count). The number of nitrogens with zero attached hydrogens (tertiary/aromatic N) is 1. The van der Waals surface area contributed by atoms with E-state index >= 15 is 0 Å². The summed E-state index contributed by atoms with van der Waals surface area (Å²) in [5.74, 6) is 0.0764. The average Bonchev–Trinajstić information content (AvgIpc) is 2.81. The summed E-state index contributed by atoms with van der Waals surface area (Å²) >= 11 is 0. The van der Waals surface area contributed by atoms with E-state index in [-0.39, 0.29) is 18.5 Å². The molecule has 2 fully saturated rings. The van der Waals surface area contributed by atoms with Gasteiger partial charge in [-0.1, -0.05) is 26.0 Å². The van der Waals surface area contributed by atoms with Crippen LogP contribution < -0.4 is 16.0 Å². The monoisotopic (exact) mass is 330 g/mol. The molecule has 0 bridgehead atoms. The van der Waals surface area contributed by atoms with Crippen molar-refractivity contribution >= 4 is 23.7 Å². The zero-order valence-corrected chi connectivity index (χ0v) is 13.9. The Labute approximate surface area is 140 Å². The van der Waals surface area contributed by atoms with Crippen molar-refractivity contribution in [2.75, 3.05) is 18.4 Å². The molecule has 7 heteroatoms. The number of carbonyl (C=O) groups excluding carboxylic acids is 3. The van der Waals surface area contributed by atoms with Crippen LogP contribution in [0.1, 0.15) is 38.2 Å². The number of anilines is 1. The van der Waals surface area contributed by atoms with E-state index in [1.807, 2.05) is 24.3 Å². The second kappa shape index (κ2) is 6.14. The van der Waals surface area contributed by atoms with Crippen LogP contribution in [-0.2, 0) is 4.79 Å². The smallest absolute Gasteiger partial charge is 0.322 e. The molecule has 2 heterocycles. The van der Waals surface area contributed by atoms with Crippen molar-refractivity contribution in [1.82, 2.24) is 15.5 Å². The van der Waals surface area contributed by atoms with E-state index in [4.69, 9.17) is 0 Å². The molecule has 7 nitrogen and oxygen atoms in total. The highest BCUT2D eigenvalue weighted by atomic mass is 16.2. The van der Waals surface area contributed by atoms with E-state index in [0.29, 0.717) is 31.0 Å². The molecule has 0 radical (unpaired) electrons. The summed E-state index contributed by atoms with van der Waals surface area (Å²) in [5.41, 5.74) is 0.924. The molecule has 2 aliphatic heterocycles. The molecule has 1 aromatic rings. The highest BCUT2D eigenvalue weighted by Gasteiger charge is 2.49. The van der Waals surface area contributed by atoms with Gasteiger partial charge >= 0.3 is 12.1 Å². The van der Waals surface area contributed by atoms with Gasteiger partial charge in [0.1, 0.15) is 5.54 Å². The number of nitrogens with one attached hydrogen (secondary N) is 3. The molecule has 1 aromatic carbocycles. The van der Waals surface area contributed by atoms with Crippen LogP contribution in [0.2, 0.25) is 0 Å². The van der Waals surface area contributed by atoms with Gasteiger partial charge in [0.2, 0.25) is 0 Å². The molecule has 0 unspecified atom stereocenters. The third kappa shape index (κ3) is 3.06. The van der Waals surface area contributed by atoms with Gasteiger partial charge in [-0.25, -0.2) is 9.59 Å². The standard InChI is InChI=1S/C17H22N4O3/c1-11(2)12-4-6-13(7-5-12)18-16(24)21-9-3-8-17(10-21)14(22)19-15(23)20-17/h4-7,11H,3,8-10H2,1-2H3,(H,18,24)(H2,19,20,22,23)/t17-/m0/s1. The zero-order valence-electron chi connectivity index (χ0n) is 13.9. The Morgan fingerprint density at radius 1 is 1.25 bits per heavy atom. The van der Waals surface area contributed by atoms with Gasteiger partial charge in [-0.2, -0.15) is 0 Å². The average molecular weight is 330 g/mol. The highest BCUT2D eigenvalue weighted by Crippen LogP contribution is 2.25. The summed E-state index contributed by atoms with van der Waals surface area (Å²) in [6, 6.07) is 6.96. The molecular weight excluding hydrogens is 308 g/mol. The maximum atomic E-state index is 12.5. The van der Waals surface area contributed by atoms with Gasteiger partial charge in [-0.05, 0) is 36.5 Å². The molecule has 5 amide bonds. The third-order valence-electron chi connectivity index (χ3n) is 4.62. The number of hydrogen-bond donors (Lipinski definition) is 3. The van der Waals surface area contributed by atoms with E-state index in [1.54, 1.807) is 4.90 Å². The van der Waals surface area contributed by atoms with E-state index in [0.717, 1.165) is 0 Å². The number of benzene rings is 1. The second-order valence-electron chi connectivity index (χ2n) is 6.72. The predicted octanol–water partition coefficient (Wildman–Crippen LogP) is 2.02. The van der Waals surface area contributed by atoms with Crippen molar-refractivity contribution in [3.8, 4) is 0 Å². The molecule has 3 N–H and O–H groups in total. The Morgan fingerprint density at radius 2 is 1.96 bits per heavy atom. The van der Waals surface area contributed by atoms with Crippen LogP contribution in [-0.4, -0.2) is 41.5 Å². The van der Waals surface area contributed by atoms with Crippen molar-refractivity contribution in [3.63, 3.8) is 0 Å². The fraction of sp³-hybridized carbons (Fsp3) is 0.471. The number of hydrogen-bond acceptors (Lipinski definition) is 3. The lowest BCUT2D eigenvalue weighted by Crippen LogP contribution is -2.60. The molecule has 2 saturated heterocycles. The number of rotatable bonds is 2. The van der Waals surface area contributed by atoms with E-state index < -0.39 is 11.6 Å². The van der Waals surface area contributed by atoms with Gasteiger partial charge in [0.05, 0.1) is 6.54 Å². The molecule has 0 aliphatic carbocycles. The van der Waals surface area contributed by atoms with E-state index in [1.165, 1.54) is 5.56 Å². The minimum absolute atomic E-state index is 0.181. The number of urea groups is 2. The van der Waals surface area contributed by atoms with Gasteiger partial charge in [-0.15, -0.1) is 0 Å². The van der Waals surface area contributed by atoms with Crippen molar-refractivity contribution in [3.05, 3.63) is 29.8 Å². The van der Waals surface area contributed by atoms with Crippen LogP contribution >= 0.6 is 0 Å². The Hall–Kier alpha value is -2.57. The Kier molecular flexibility index (Phi) is 4.17. The number of amides is 5. The van der Waals surface area contributed by atoms with Crippen LogP contribution in [0.5, 0.6) is 0 Å². The molecule has 0 saturated carbocycles. The summed E-state index contributed by atoms with van der Waals surface area (Å²) in [6.07, 6.45) is 1.20. The number of piperidine rings is 1. The topological polar surface area (TPSA) is 90.5 Å². The fourth-order valence-corrected chi connectivity index (χ4v) is 3.20. The van der Waals surface area contributed by atoms with Gasteiger partial charge in [0.15, 0.2) is 0 Å². The van der Waals surface area contributed by atoms with Crippen LogP contribution in [0.4, 0.5) is 15.3 Å². The molecule has 128 valence electrons. The van der Waals surface area contributed by atoms with Crippen molar-refractivity contribution < 1.29 is 14.4 Å². The maximum Gasteiger partial charge on any atom is 0.322 e. The number of imide groups is 1. The lowest BCUT2D eigenvalue weighted by molar-refractivity contribution is -0.125. The van der Waals surface area contributed by atoms with Gasteiger partial charge in [0, 0.05) is 12.2 Å². The largest absolute Gasteiger partial charge is 0.322 e. The van der Waals surface area contributed by atoms with Crippen LogP contribution in [0.3, 0.4) is 0 Å². The predicted molar refractivity (Wildman–Crippen MR) is 89.8 cm³/mol. The fourth-order valence-electron chi connectivity index (χ4n) is 3.20. The molecule has 2 aliphatic rings. The number of likely N-dealkylation sites (tertiary alicyclic amines) is 1. The summed E-state index contributed by atoms with van der Waals surface area (Å²) < 4.78 is 0. The third-order valence-corrected chi connectivity index (χ3v) is 4.62. The van der Waals surface area contributed by atoms with E-state index in [9.17, 15) is 14.4 Å². The Bertz CT molecular complexity index is 671. The highest BCUT2D eigenvalue weighted by molar-refractivity contribution is 6.07. The van der Waals surface area contributed by atoms with Crippen LogP contribution in [0, 0.1) is 0 Å². The molecule has 24 heavy (non-hydrogen) atoms. The normalized spacial score (nSPS) is 23.4. The first-order valence-electron chi connectivity index (χ1n) is 8.19. The van der Waals surface area contributed by atoms with Crippen LogP contribution in [0.25, 0.3) is 0 Å². The Balaban J connectivity index is 1.66. The minimum atomic E-state index is -0.992. The first kappa shape index (κ1) is 16.3. The maximum absolute atomic E-state index is 12.5. The molecule has 1 atom stereocenters. The summed E-state index contributed by atoms with van der Waals surface area (Å²) in [6.45, 7) is 4.96. The lowest BCUT2D eigenvalue weighted by Gasteiger charge is -2.37. The number of carbonyl (C=O) groups is 3. The quantitative estimate of drug-likeness (QED) is 0.725. The molecule has 1 spiro atoms. The summed E-state index contributed by atoms with van der Waals surface area (Å²) in [5, 5.41) is 7.78. The first-order valence-corrected chi connectivity index (χ1v) is 8.19. The SMILES string of the molecule is CC(C)c1ccc(NC(=O)N2CCC[C@@]3(C2)NC(=O)NC3=O)cc1. The lowest BCUT2D eigenvalue weighted by atomic mass is 9.89. The van der Waals surface area contributed by atoms with Crippen molar-refractivity contribution in [2.45, 2.75) is 38.1 Å². The summed E-state index contributed by atoms with van der Waals surface area (Å²) in [7, 11) is 0. The zero-order chi connectivity index (χ0) is 17.3.